The van der Waals surface area contributed by atoms with E-state index in [1.165, 1.54) is 32.1 Å². The molecule has 1 aliphatic heterocycles. The highest BCUT2D eigenvalue weighted by Gasteiger charge is 2.20. The maximum Gasteiger partial charge on any atom is 0.253 e. The molecular formula is C17H25N3O. The monoisotopic (exact) mass is 287 g/mol. The van der Waals surface area contributed by atoms with Crippen molar-refractivity contribution in [1.29, 1.82) is 0 Å². The smallest absolute Gasteiger partial charge is 0.253 e. The van der Waals surface area contributed by atoms with Crippen molar-refractivity contribution in [3.05, 3.63) is 23.8 Å². The first-order valence-electron chi connectivity index (χ1n) is 8.26. The van der Waals surface area contributed by atoms with Crippen molar-refractivity contribution < 1.29 is 4.79 Å². The molecule has 114 valence electrons. The topological polar surface area (TPSA) is 53.2 Å². The average molecular weight is 287 g/mol. The first kappa shape index (κ1) is 14.2. The van der Waals surface area contributed by atoms with E-state index in [0.717, 1.165) is 42.9 Å². The second-order valence-corrected chi connectivity index (χ2v) is 6.10. The van der Waals surface area contributed by atoms with Gasteiger partial charge in [0.1, 0.15) is 0 Å². The average Bonchev–Trinajstić information content (AvgIpc) is 2.49. The summed E-state index contributed by atoms with van der Waals surface area (Å²) in [6.45, 7) is 1.77. The van der Waals surface area contributed by atoms with Crippen LogP contribution in [0.3, 0.4) is 0 Å². The van der Waals surface area contributed by atoms with Gasteiger partial charge in [0.25, 0.3) is 5.91 Å². The number of hydrogen-bond donors (Lipinski definition) is 3. The number of carbonyl (C=O) groups excluding carboxylic acids is 1. The van der Waals surface area contributed by atoms with Crippen LogP contribution < -0.4 is 16.0 Å². The lowest BCUT2D eigenvalue weighted by molar-refractivity contribution is 0.0931. The summed E-state index contributed by atoms with van der Waals surface area (Å²) in [6, 6.07) is 6.22. The number of anilines is 2. The van der Waals surface area contributed by atoms with Crippen molar-refractivity contribution in [2.75, 3.05) is 23.7 Å². The quantitative estimate of drug-likeness (QED) is 0.781. The second-order valence-electron chi connectivity index (χ2n) is 6.10. The number of amides is 1. The Hall–Kier alpha value is -1.71. The molecule has 0 saturated heterocycles. The van der Waals surface area contributed by atoms with Gasteiger partial charge < -0.3 is 16.0 Å². The number of benzene rings is 1. The van der Waals surface area contributed by atoms with Crippen LogP contribution in [-0.4, -0.2) is 25.0 Å². The highest BCUT2D eigenvalue weighted by molar-refractivity contribution is 6.02. The Morgan fingerprint density at radius 3 is 2.52 bits per heavy atom. The molecule has 1 aromatic carbocycles. The highest BCUT2D eigenvalue weighted by atomic mass is 16.1. The lowest BCUT2D eigenvalue weighted by Gasteiger charge is -2.24. The third-order valence-electron chi connectivity index (χ3n) is 4.49. The highest BCUT2D eigenvalue weighted by Crippen LogP contribution is 2.28. The van der Waals surface area contributed by atoms with E-state index in [1.54, 1.807) is 0 Å². The molecule has 0 unspecified atom stereocenters. The summed E-state index contributed by atoms with van der Waals surface area (Å²) in [6.07, 6.45) is 8.66. The van der Waals surface area contributed by atoms with Crippen molar-refractivity contribution in [2.45, 2.75) is 51.0 Å². The van der Waals surface area contributed by atoms with Crippen LogP contribution >= 0.6 is 0 Å². The van der Waals surface area contributed by atoms with E-state index in [4.69, 9.17) is 0 Å². The summed E-state index contributed by atoms with van der Waals surface area (Å²) >= 11 is 0. The molecule has 1 amide bonds. The summed E-state index contributed by atoms with van der Waals surface area (Å²) < 4.78 is 0. The van der Waals surface area contributed by atoms with Gasteiger partial charge in [0.05, 0.1) is 16.9 Å². The number of carbonyl (C=O) groups is 1. The van der Waals surface area contributed by atoms with E-state index in [1.807, 2.05) is 18.2 Å². The predicted molar refractivity (Wildman–Crippen MR) is 87.0 cm³/mol. The zero-order valence-corrected chi connectivity index (χ0v) is 12.6. The lowest BCUT2D eigenvalue weighted by Crippen LogP contribution is -2.36. The molecule has 1 heterocycles. The molecular weight excluding hydrogens is 262 g/mol. The minimum absolute atomic E-state index is 0.0635. The number of rotatable bonds is 2. The molecule has 1 aromatic rings. The van der Waals surface area contributed by atoms with Gasteiger partial charge in [-0.1, -0.05) is 38.2 Å². The molecule has 1 fully saturated rings. The van der Waals surface area contributed by atoms with Gasteiger partial charge >= 0.3 is 0 Å². The van der Waals surface area contributed by atoms with Crippen molar-refractivity contribution in [1.82, 2.24) is 5.32 Å². The lowest BCUT2D eigenvalue weighted by atomic mass is 9.96. The number of fused-ring (bicyclic) bond motifs is 1. The van der Waals surface area contributed by atoms with Crippen LogP contribution in [0.25, 0.3) is 0 Å². The molecule has 1 saturated carbocycles. The molecule has 0 bridgehead atoms. The normalized spacial score (nSPS) is 19.4. The second kappa shape index (κ2) is 6.83. The number of nitrogens with one attached hydrogen (secondary N) is 3. The van der Waals surface area contributed by atoms with Crippen LogP contribution in [0.2, 0.25) is 0 Å². The Bertz CT molecular complexity index is 493. The van der Waals surface area contributed by atoms with Crippen molar-refractivity contribution >= 4 is 17.3 Å². The van der Waals surface area contributed by atoms with Crippen LogP contribution in [0.5, 0.6) is 0 Å². The molecule has 2 aliphatic rings. The van der Waals surface area contributed by atoms with E-state index in [0.29, 0.717) is 6.04 Å². The van der Waals surface area contributed by atoms with Crippen molar-refractivity contribution in [3.63, 3.8) is 0 Å². The van der Waals surface area contributed by atoms with E-state index in [9.17, 15) is 4.79 Å². The van der Waals surface area contributed by atoms with Gasteiger partial charge in [0.15, 0.2) is 0 Å². The molecule has 4 heteroatoms. The minimum atomic E-state index is 0.0635. The molecule has 3 rings (SSSR count). The van der Waals surface area contributed by atoms with E-state index in [2.05, 4.69) is 16.0 Å². The van der Waals surface area contributed by atoms with Gasteiger partial charge in [-0.05, 0) is 25.0 Å². The molecule has 0 spiro atoms. The Morgan fingerprint density at radius 2 is 1.71 bits per heavy atom. The Labute approximate surface area is 126 Å². The Kier molecular flexibility index (Phi) is 4.63. The third kappa shape index (κ3) is 3.49. The third-order valence-corrected chi connectivity index (χ3v) is 4.49. The van der Waals surface area contributed by atoms with Crippen molar-refractivity contribution in [2.24, 2.45) is 0 Å². The fraction of sp³-hybridized carbons (Fsp3) is 0.588. The van der Waals surface area contributed by atoms with Gasteiger partial charge in [-0.2, -0.15) is 0 Å². The van der Waals surface area contributed by atoms with Crippen LogP contribution in [0, 0.1) is 0 Å². The predicted octanol–water partition coefficient (Wildman–Crippen LogP) is 3.37. The molecule has 0 aromatic heterocycles. The summed E-state index contributed by atoms with van der Waals surface area (Å²) in [7, 11) is 0. The first-order chi connectivity index (χ1) is 10.3. The van der Waals surface area contributed by atoms with Crippen LogP contribution in [-0.2, 0) is 0 Å². The molecule has 21 heavy (non-hydrogen) atoms. The molecule has 3 N–H and O–H groups in total. The summed E-state index contributed by atoms with van der Waals surface area (Å²) in [5, 5.41) is 9.93. The van der Waals surface area contributed by atoms with Crippen LogP contribution in [0.15, 0.2) is 18.2 Å². The summed E-state index contributed by atoms with van der Waals surface area (Å²) in [5.74, 6) is 0.0635. The van der Waals surface area contributed by atoms with Crippen LogP contribution in [0.1, 0.15) is 55.3 Å². The van der Waals surface area contributed by atoms with Crippen LogP contribution in [0.4, 0.5) is 11.4 Å². The molecule has 1 aliphatic carbocycles. The number of para-hydroxylation sites is 1. The summed E-state index contributed by atoms with van der Waals surface area (Å²) in [5.41, 5.74) is 2.75. The largest absolute Gasteiger partial charge is 0.382 e. The zero-order valence-electron chi connectivity index (χ0n) is 12.6. The maximum atomic E-state index is 12.6. The van der Waals surface area contributed by atoms with Gasteiger partial charge in [0.2, 0.25) is 0 Å². The zero-order chi connectivity index (χ0) is 14.5. The molecule has 4 nitrogen and oxygen atoms in total. The van der Waals surface area contributed by atoms with E-state index in [-0.39, 0.29) is 5.91 Å². The Morgan fingerprint density at radius 1 is 1.00 bits per heavy atom. The van der Waals surface area contributed by atoms with Gasteiger partial charge in [-0.25, -0.2) is 0 Å². The van der Waals surface area contributed by atoms with Gasteiger partial charge in [-0.3, -0.25) is 4.79 Å². The standard InChI is InChI=1S/C17H25N3O/c21-17(20-13-7-4-2-1-3-5-8-13)14-9-6-10-15-16(14)19-12-11-18-15/h6,9-10,13,18-19H,1-5,7-8,11-12H2,(H,20,21). The number of hydrogen-bond acceptors (Lipinski definition) is 3. The van der Waals surface area contributed by atoms with E-state index >= 15 is 0 Å². The first-order valence-corrected chi connectivity index (χ1v) is 8.26. The van der Waals surface area contributed by atoms with E-state index < -0.39 is 0 Å². The minimum Gasteiger partial charge on any atom is -0.382 e. The fourth-order valence-electron chi connectivity index (χ4n) is 3.33. The SMILES string of the molecule is O=C(NC1CCCCCCC1)c1cccc2c1NCCN2. The van der Waals surface area contributed by atoms with Gasteiger partial charge in [0, 0.05) is 19.1 Å². The summed E-state index contributed by atoms with van der Waals surface area (Å²) in [4.78, 5) is 12.6. The Balaban J connectivity index is 1.70. The fourth-order valence-corrected chi connectivity index (χ4v) is 3.33. The molecule has 0 atom stereocenters. The maximum absolute atomic E-state index is 12.6. The van der Waals surface area contributed by atoms with Crippen molar-refractivity contribution in [3.8, 4) is 0 Å². The van der Waals surface area contributed by atoms with Gasteiger partial charge in [-0.15, -0.1) is 0 Å². The molecule has 0 radical (unpaired) electrons.